The first-order valence-corrected chi connectivity index (χ1v) is 4.43. The minimum Gasteiger partial charge on any atom is -0.460 e. The molecule has 0 aliphatic carbocycles. The van der Waals surface area contributed by atoms with Gasteiger partial charge in [0.25, 0.3) is 0 Å². The van der Waals surface area contributed by atoms with E-state index in [4.69, 9.17) is 10.5 Å². The highest BCUT2D eigenvalue weighted by Gasteiger charge is 2.17. The van der Waals surface area contributed by atoms with Gasteiger partial charge in [0.1, 0.15) is 5.60 Å². The van der Waals surface area contributed by atoms with Gasteiger partial charge in [0.2, 0.25) is 0 Å². The van der Waals surface area contributed by atoms with Gasteiger partial charge in [-0.1, -0.05) is 6.08 Å². The Morgan fingerprint density at radius 2 is 2.15 bits per heavy atom. The zero-order valence-electron chi connectivity index (χ0n) is 8.67. The summed E-state index contributed by atoms with van der Waals surface area (Å²) in [7, 11) is 0. The summed E-state index contributed by atoms with van der Waals surface area (Å²) in [5.74, 6) is -0.248. The van der Waals surface area contributed by atoms with Crippen LogP contribution in [-0.4, -0.2) is 17.6 Å². The predicted octanol–water partition coefficient (Wildman–Crippen LogP) is 1.62. The Balaban J connectivity index is 3.81. The summed E-state index contributed by atoms with van der Waals surface area (Å²) in [5, 5.41) is 0. The molecule has 0 rings (SSSR count). The summed E-state index contributed by atoms with van der Waals surface area (Å²) < 4.78 is 5.10. The first kappa shape index (κ1) is 12.2. The zero-order chi connectivity index (χ0) is 10.5. The first-order chi connectivity index (χ1) is 5.85. The maximum atomic E-state index is 11.2. The molecule has 1 unspecified atom stereocenters. The topological polar surface area (TPSA) is 52.3 Å². The van der Waals surface area contributed by atoms with Gasteiger partial charge in [-0.15, -0.1) is 6.58 Å². The van der Waals surface area contributed by atoms with Crippen molar-refractivity contribution in [2.75, 3.05) is 0 Å². The summed E-state index contributed by atoms with van der Waals surface area (Å²) in [4.78, 5) is 11.2. The van der Waals surface area contributed by atoms with E-state index in [2.05, 4.69) is 6.58 Å². The van der Waals surface area contributed by atoms with E-state index in [1.54, 1.807) is 6.08 Å². The second-order valence-corrected chi connectivity index (χ2v) is 4.08. The van der Waals surface area contributed by atoms with Gasteiger partial charge in [0.15, 0.2) is 0 Å². The third kappa shape index (κ3) is 7.53. The average Bonchev–Trinajstić information content (AvgIpc) is 1.81. The van der Waals surface area contributed by atoms with Crippen molar-refractivity contribution >= 4 is 5.97 Å². The normalized spacial score (nSPS) is 13.5. The van der Waals surface area contributed by atoms with E-state index in [9.17, 15) is 4.79 Å². The van der Waals surface area contributed by atoms with Crippen LogP contribution < -0.4 is 5.73 Å². The van der Waals surface area contributed by atoms with Gasteiger partial charge in [0.05, 0.1) is 6.42 Å². The van der Waals surface area contributed by atoms with Crippen molar-refractivity contribution in [3.8, 4) is 0 Å². The Morgan fingerprint density at radius 3 is 2.54 bits per heavy atom. The monoisotopic (exact) mass is 185 g/mol. The van der Waals surface area contributed by atoms with Gasteiger partial charge in [-0.25, -0.2) is 0 Å². The van der Waals surface area contributed by atoms with Crippen LogP contribution in [0.5, 0.6) is 0 Å². The number of hydrogen-bond donors (Lipinski definition) is 1. The van der Waals surface area contributed by atoms with Crippen LogP contribution in [0, 0.1) is 0 Å². The number of ether oxygens (including phenoxy) is 1. The largest absolute Gasteiger partial charge is 0.460 e. The summed E-state index contributed by atoms with van der Waals surface area (Å²) in [6.07, 6.45) is 2.59. The summed E-state index contributed by atoms with van der Waals surface area (Å²) in [6.45, 7) is 9.06. The predicted molar refractivity (Wildman–Crippen MR) is 53.3 cm³/mol. The summed E-state index contributed by atoms with van der Waals surface area (Å²) in [5.41, 5.74) is 5.21. The lowest BCUT2D eigenvalue weighted by Crippen LogP contribution is -2.29. The smallest absolute Gasteiger partial charge is 0.307 e. The molecule has 0 aliphatic heterocycles. The molecule has 0 fully saturated rings. The van der Waals surface area contributed by atoms with Crippen molar-refractivity contribution in [1.82, 2.24) is 0 Å². The second kappa shape index (κ2) is 5.02. The summed E-state index contributed by atoms with van der Waals surface area (Å²) >= 11 is 0. The number of carbonyl (C=O) groups excluding carboxylic acids is 1. The Morgan fingerprint density at radius 1 is 1.62 bits per heavy atom. The molecule has 76 valence electrons. The van der Waals surface area contributed by atoms with E-state index in [0.29, 0.717) is 6.42 Å². The fourth-order valence-corrected chi connectivity index (χ4v) is 0.895. The number of carbonyl (C=O) groups is 1. The maximum Gasteiger partial charge on any atom is 0.307 e. The highest BCUT2D eigenvalue weighted by Crippen LogP contribution is 2.09. The molecule has 0 aromatic heterocycles. The fourth-order valence-electron chi connectivity index (χ4n) is 0.895. The molecule has 3 nitrogen and oxygen atoms in total. The Kier molecular flexibility index (Phi) is 4.70. The van der Waals surface area contributed by atoms with Gasteiger partial charge in [-0.05, 0) is 27.2 Å². The minimum atomic E-state index is -0.426. The lowest BCUT2D eigenvalue weighted by molar-refractivity contribution is -0.155. The summed E-state index contributed by atoms with van der Waals surface area (Å²) in [6, 6.07) is -0.174. The van der Waals surface area contributed by atoms with Crippen LogP contribution in [0.4, 0.5) is 0 Å². The highest BCUT2D eigenvalue weighted by molar-refractivity contribution is 5.70. The van der Waals surface area contributed by atoms with Crippen LogP contribution in [0.25, 0.3) is 0 Å². The molecule has 3 heteroatoms. The zero-order valence-corrected chi connectivity index (χ0v) is 8.67. The van der Waals surface area contributed by atoms with E-state index in [-0.39, 0.29) is 18.4 Å². The molecule has 2 N–H and O–H groups in total. The number of esters is 1. The van der Waals surface area contributed by atoms with Gasteiger partial charge < -0.3 is 10.5 Å². The Labute approximate surface area is 79.9 Å². The number of hydrogen-bond acceptors (Lipinski definition) is 3. The van der Waals surface area contributed by atoms with Gasteiger partial charge in [0, 0.05) is 6.04 Å². The minimum absolute atomic E-state index is 0.174. The van der Waals surface area contributed by atoms with E-state index < -0.39 is 5.60 Å². The van der Waals surface area contributed by atoms with Crippen molar-refractivity contribution in [2.24, 2.45) is 5.73 Å². The molecule has 13 heavy (non-hydrogen) atoms. The number of nitrogens with two attached hydrogens (primary N) is 1. The fraction of sp³-hybridized carbons (Fsp3) is 0.700. The van der Waals surface area contributed by atoms with Gasteiger partial charge in [-0.2, -0.15) is 0 Å². The van der Waals surface area contributed by atoms with E-state index in [1.807, 2.05) is 20.8 Å². The average molecular weight is 185 g/mol. The van der Waals surface area contributed by atoms with E-state index in [0.717, 1.165) is 0 Å². The Hall–Kier alpha value is -0.830. The second-order valence-electron chi connectivity index (χ2n) is 4.08. The lowest BCUT2D eigenvalue weighted by atomic mass is 10.1. The molecule has 0 saturated heterocycles. The van der Waals surface area contributed by atoms with Crippen molar-refractivity contribution in [2.45, 2.75) is 45.3 Å². The van der Waals surface area contributed by atoms with Crippen molar-refractivity contribution in [3.63, 3.8) is 0 Å². The van der Waals surface area contributed by atoms with Gasteiger partial charge in [-0.3, -0.25) is 4.79 Å². The lowest BCUT2D eigenvalue weighted by Gasteiger charge is -2.20. The first-order valence-electron chi connectivity index (χ1n) is 4.43. The molecule has 0 heterocycles. The van der Waals surface area contributed by atoms with Crippen LogP contribution >= 0.6 is 0 Å². The highest BCUT2D eigenvalue weighted by atomic mass is 16.6. The SMILES string of the molecule is C=CCC(N)CC(=O)OC(C)(C)C. The van der Waals surface area contributed by atoms with Crippen molar-refractivity contribution in [1.29, 1.82) is 0 Å². The van der Waals surface area contributed by atoms with Crippen molar-refractivity contribution in [3.05, 3.63) is 12.7 Å². The molecule has 0 radical (unpaired) electrons. The van der Waals surface area contributed by atoms with Gasteiger partial charge >= 0.3 is 5.97 Å². The molecular formula is C10H19NO2. The van der Waals surface area contributed by atoms with E-state index >= 15 is 0 Å². The van der Waals surface area contributed by atoms with Crippen LogP contribution in [0.1, 0.15) is 33.6 Å². The molecule has 0 amide bonds. The van der Waals surface area contributed by atoms with Crippen LogP contribution in [-0.2, 0) is 9.53 Å². The third-order valence-electron chi connectivity index (χ3n) is 1.32. The third-order valence-corrected chi connectivity index (χ3v) is 1.32. The number of rotatable bonds is 4. The van der Waals surface area contributed by atoms with Crippen molar-refractivity contribution < 1.29 is 9.53 Å². The quantitative estimate of drug-likeness (QED) is 0.535. The Bertz CT molecular complexity index is 182. The molecule has 0 bridgehead atoms. The molecule has 0 aromatic rings. The van der Waals surface area contributed by atoms with E-state index in [1.165, 1.54) is 0 Å². The standard InChI is InChI=1S/C10H19NO2/c1-5-6-8(11)7-9(12)13-10(2,3)4/h5,8H,1,6-7,11H2,2-4H3. The van der Waals surface area contributed by atoms with Crippen LogP contribution in [0.15, 0.2) is 12.7 Å². The molecule has 0 spiro atoms. The maximum absolute atomic E-state index is 11.2. The van der Waals surface area contributed by atoms with Crippen LogP contribution in [0.3, 0.4) is 0 Å². The van der Waals surface area contributed by atoms with Crippen LogP contribution in [0.2, 0.25) is 0 Å². The molecule has 1 atom stereocenters. The molecule has 0 aliphatic rings. The molecule has 0 saturated carbocycles. The molecular weight excluding hydrogens is 166 g/mol. The molecule has 0 aromatic carbocycles.